The summed E-state index contributed by atoms with van der Waals surface area (Å²) >= 11 is 0. The maximum Gasteiger partial charge on any atom is 0.245 e. The lowest BCUT2D eigenvalue weighted by Gasteiger charge is -2.38. The molecule has 2 atom stereocenters. The predicted octanol–water partition coefficient (Wildman–Crippen LogP) is 1.71. The average Bonchev–Trinajstić information content (AvgIpc) is 2.45. The topological polar surface area (TPSA) is 58.6 Å². The van der Waals surface area contributed by atoms with Gasteiger partial charge in [-0.15, -0.1) is 0 Å². The van der Waals surface area contributed by atoms with E-state index in [0.717, 1.165) is 25.9 Å². The monoisotopic (exact) mass is 284 g/mol. The lowest BCUT2D eigenvalue weighted by molar-refractivity contribution is -0.150. The molecule has 0 saturated carbocycles. The molecule has 1 rings (SSSR count). The van der Waals surface area contributed by atoms with E-state index in [1.807, 2.05) is 13.8 Å². The second-order valence-corrected chi connectivity index (χ2v) is 5.27. The Balaban J connectivity index is 2.58. The first-order chi connectivity index (χ1) is 9.65. The van der Waals surface area contributed by atoms with Crippen LogP contribution in [0.1, 0.15) is 52.9 Å². The van der Waals surface area contributed by atoms with E-state index in [9.17, 15) is 9.59 Å². The summed E-state index contributed by atoms with van der Waals surface area (Å²) in [6.07, 6.45) is 4.36. The van der Waals surface area contributed by atoms with Crippen molar-refractivity contribution in [1.29, 1.82) is 0 Å². The Morgan fingerprint density at radius 2 is 1.90 bits per heavy atom. The highest BCUT2D eigenvalue weighted by Crippen LogP contribution is 2.16. The van der Waals surface area contributed by atoms with E-state index >= 15 is 0 Å². The van der Waals surface area contributed by atoms with Gasteiger partial charge in [0.2, 0.25) is 11.8 Å². The van der Waals surface area contributed by atoms with Crippen molar-refractivity contribution >= 4 is 11.8 Å². The van der Waals surface area contributed by atoms with Gasteiger partial charge in [0.1, 0.15) is 12.1 Å². The molecule has 0 bridgehead atoms. The lowest BCUT2D eigenvalue weighted by Crippen LogP contribution is -2.63. The number of hydrogen-bond acceptors (Lipinski definition) is 3. The molecule has 1 saturated heterocycles. The summed E-state index contributed by atoms with van der Waals surface area (Å²) in [5.74, 6) is 0.0106. The van der Waals surface area contributed by atoms with Crippen LogP contribution in [0.5, 0.6) is 0 Å². The molecule has 0 spiro atoms. The maximum absolute atomic E-state index is 12.4. The number of nitrogens with one attached hydrogen (secondary N) is 1. The van der Waals surface area contributed by atoms with E-state index in [2.05, 4.69) is 12.2 Å². The highest BCUT2D eigenvalue weighted by molar-refractivity contribution is 5.96. The highest BCUT2D eigenvalue weighted by Gasteiger charge is 2.38. The largest absolute Gasteiger partial charge is 0.380 e. The summed E-state index contributed by atoms with van der Waals surface area (Å²) in [6, 6.07) is -0.698. The first-order valence-electron chi connectivity index (χ1n) is 7.84. The van der Waals surface area contributed by atoms with Crippen LogP contribution in [0.2, 0.25) is 0 Å². The van der Waals surface area contributed by atoms with Gasteiger partial charge in [0.25, 0.3) is 0 Å². The molecule has 0 aromatic carbocycles. The van der Waals surface area contributed by atoms with Crippen LogP contribution in [-0.4, -0.2) is 48.6 Å². The number of rotatable bonds is 9. The molecular weight excluding hydrogens is 256 g/mol. The van der Waals surface area contributed by atoms with Crippen LogP contribution in [0.25, 0.3) is 0 Å². The Hall–Kier alpha value is -1.10. The van der Waals surface area contributed by atoms with Gasteiger partial charge in [-0.2, -0.15) is 0 Å². The summed E-state index contributed by atoms with van der Waals surface area (Å²) < 4.78 is 5.53. The number of hydrogen-bond donors (Lipinski definition) is 1. The van der Waals surface area contributed by atoms with Crippen molar-refractivity contribution in [1.82, 2.24) is 10.2 Å². The summed E-state index contributed by atoms with van der Waals surface area (Å²) in [5.41, 5.74) is 0. The van der Waals surface area contributed by atoms with Crippen LogP contribution >= 0.6 is 0 Å². The number of carbonyl (C=O) groups excluding carboxylic acids is 2. The molecule has 1 N–H and O–H groups in total. The van der Waals surface area contributed by atoms with Crippen molar-refractivity contribution in [2.24, 2.45) is 0 Å². The van der Waals surface area contributed by atoms with Crippen LogP contribution in [0.15, 0.2) is 0 Å². The van der Waals surface area contributed by atoms with Crippen molar-refractivity contribution < 1.29 is 14.3 Å². The maximum atomic E-state index is 12.4. The molecule has 0 aromatic rings. The van der Waals surface area contributed by atoms with E-state index < -0.39 is 0 Å². The number of unbranched alkanes of at least 4 members (excludes halogenated alkanes) is 1. The van der Waals surface area contributed by atoms with Gasteiger partial charge in [0.05, 0.1) is 6.61 Å². The van der Waals surface area contributed by atoms with Gasteiger partial charge in [-0.1, -0.05) is 33.6 Å². The number of ether oxygens (including phenoxy) is 1. The van der Waals surface area contributed by atoms with E-state index in [-0.39, 0.29) is 23.9 Å². The molecule has 1 aliphatic rings. The van der Waals surface area contributed by atoms with Crippen molar-refractivity contribution in [3.05, 3.63) is 0 Å². The Morgan fingerprint density at radius 3 is 2.50 bits per heavy atom. The molecule has 2 unspecified atom stereocenters. The molecule has 1 aliphatic heterocycles. The van der Waals surface area contributed by atoms with E-state index in [0.29, 0.717) is 26.0 Å². The minimum atomic E-state index is -0.369. The molecule has 116 valence electrons. The minimum Gasteiger partial charge on any atom is -0.380 e. The summed E-state index contributed by atoms with van der Waals surface area (Å²) in [4.78, 5) is 26.2. The summed E-state index contributed by atoms with van der Waals surface area (Å²) in [5, 5.41) is 2.82. The molecule has 5 nitrogen and oxygen atoms in total. The normalized spacial score (nSPS) is 23.1. The van der Waals surface area contributed by atoms with Gasteiger partial charge in [-0.3, -0.25) is 9.59 Å². The smallest absolute Gasteiger partial charge is 0.245 e. The molecule has 0 radical (unpaired) electrons. The van der Waals surface area contributed by atoms with E-state index in [1.165, 1.54) is 0 Å². The highest BCUT2D eigenvalue weighted by atomic mass is 16.5. The zero-order valence-electron chi connectivity index (χ0n) is 13.0. The fourth-order valence-corrected chi connectivity index (χ4v) is 2.44. The molecule has 1 fully saturated rings. The van der Waals surface area contributed by atoms with Gasteiger partial charge >= 0.3 is 0 Å². The molecule has 2 amide bonds. The SMILES string of the molecule is CCCCOCCN1C(=O)C(CC)NC(=O)C1CCC. The molecule has 0 aliphatic carbocycles. The molecule has 0 aromatic heterocycles. The van der Waals surface area contributed by atoms with Crippen LogP contribution < -0.4 is 5.32 Å². The van der Waals surface area contributed by atoms with E-state index in [1.54, 1.807) is 4.90 Å². The molecule has 20 heavy (non-hydrogen) atoms. The Morgan fingerprint density at radius 1 is 1.15 bits per heavy atom. The first-order valence-corrected chi connectivity index (χ1v) is 7.84. The van der Waals surface area contributed by atoms with Gasteiger partial charge in [-0.05, 0) is 19.3 Å². The van der Waals surface area contributed by atoms with Crippen molar-refractivity contribution in [2.75, 3.05) is 19.8 Å². The van der Waals surface area contributed by atoms with Gasteiger partial charge in [0.15, 0.2) is 0 Å². The van der Waals surface area contributed by atoms with Crippen molar-refractivity contribution in [3.63, 3.8) is 0 Å². The third-order valence-electron chi connectivity index (χ3n) is 3.67. The van der Waals surface area contributed by atoms with Crippen LogP contribution in [-0.2, 0) is 14.3 Å². The quantitative estimate of drug-likeness (QED) is 0.656. The molecule has 5 heteroatoms. The van der Waals surface area contributed by atoms with Crippen LogP contribution in [0, 0.1) is 0 Å². The summed E-state index contributed by atoms with van der Waals surface area (Å²) in [7, 11) is 0. The Bertz CT molecular complexity index is 320. The van der Waals surface area contributed by atoms with Crippen molar-refractivity contribution in [2.45, 2.75) is 65.0 Å². The number of piperazine rings is 1. The number of nitrogens with zero attached hydrogens (tertiary/aromatic N) is 1. The third-order valence-corrected chi connectivity index (χ3v) is 3.67. The summed E-state index contributed by atoms with van der Waals surface area (Å²) in [6.45, 7) is 7.80. The first kappa shape index (κ1) is 17.0. The fourth-order valence-electron chi connectivity index (χ4n) is 2.44. The van der Waals surface area contributed by atoms with Crippen LogP contribution in [0.4, 0.5) is 0 Å². The molecule has 1 heterocycles. The molecular formula is C15H28N2O3. The van der Waals surface area contributed by atoms with Crippen LogP contribution in [0.3, 0.4) is 0 Å². The zero-order valence-corrected chi connectivity index (χ0v) is 13.0. The lowest BCUT2D eigenvalue weighted by atomic mass is 10.0. The second kappa shape index (κ2) is 8.95. The standard InChI is InChI=1S/C15H28N2O3/c1-4-7-10-20-11-9-17-13(8-5-2)14(18)16-12(6-3)15(17)19/h12-13H,4-11H2,1-3H3,(H,16,18). The second-order valence-electron chi connectivity index (χ2n) is 5.27. The fraction of sp³-hybridized carbons (Fsp3) is 0.867. The van der Waals surface area contributed by atoms with Crippen molar-refractivity contribution in [3.8, 4) is 0 Å². The number of carbonyl (C=O) groups is 2. The van der Waals surface area contributed by atoms with E-state index in [4.69, 9.17) is 4.74 Å². The Labute approximate surface area is 122 Å². The minimum absolute atomic E-state index is 0.0214. The zero-order chi connectivity index (χ0) is 15.0. The average molecular weight is 284 g/mol. The van der Waals surface area contributed by atoms with Gasteiger partial charge in [-0.25, -0.2) is 0 Å². The Kier molecular flexibility index (Phi) is 7.59. The number of amides is 2. The predicted molar refractivity (Wildman–Crippen MR) is 78.4 cm³/mol. The van der Waals surface area contributed by atoms with Gasteiger partial charge < -0.3 is 15.0 Å². The third kappa shape index (κ3) is 4.47. The van der Waals surface area contributed by atoms with Gasteiger partial charge in [0, 0.05) is 13.2 Å².